The summed E-state index contributed by atoms with van der Waals surface area (Å²) in [5, 5.41) is 0. The number of rotatable bonds is 4. The molecule has 0 N–H and O–H groups in total. The highest BCUT2D eigenvalue weighted by molar-refractivity contribution is 8.88. The molecule has 0 spiro atoms. The van der Waals surface area contributed by atoms with E-state index in [0.717, 1.165) is 0 Å². The van der Waals surface area contributed by atoms with Gasteiger partial charge in [0.15, 0.2) is 10.8 Å². The summed E-state index contributed by atoms with van der Waals surface area (Å²) in [4.78, 5) is 0. The van der Waals surface area contributed by atoms with Gasteiger partial charge in [-0.1, -0.05) is 19.8 Å². The fraction of sp³-hybridized carbons (Fsp3) is 1.00. The van der Waals surface area contributed by atoms with Crippen LogP contribution >= 0.6 is 10.8 Å². The second-order valence-corrected chi connectivity index (χ2v) is 5.99. The first-order valence-corrected chi connectivity index (χ1v) is 6.03. The normalized spacial score (nSPS) is 32.7. The molecule has 1 saturated heterocycles. The number of hydrogen-bond acceptors (Lipinski definition) is 2. The average molecular weight is 164 g/mol. The molecule has 2 atom stereocenters. The molecule has 1 nitrogen and oxygen atoms in total. The van der Waals surface area contributed by atoms with Crippen molar-refractivity contribution in [1.29, 1.82) is 0 Å². The number of unbranched alkanes of at least 4 members (excludes halogenated alkanes) is 2. The molecule has 0 aliphatic carbocycles. The van der Waals surface area contributed by atoms with Gasteiger partial charge in [0.05, 0.1) is 0 Å². The van der Waals surface area contributed by atoms with Gasteiger partial charge in [-0.05, 0) is 6.42 Å². The highest BCUT2D eigenvalue weighted by atomic mass is 33.2. The molecular weight excluding hydrogens is 152 g/mol. The summed E-state index contributed by atoms with van der Waals surface area (Å²) in [7, 11) is 1.13. The van der Waals surface area contributed by atoms with E-state index in [0.29, 0.717) is 4.58 Å². The zero-order valence-electron chi connectivity index (χ0n) is 5.63. The van der Waals surface area contributed by atoms with E-state index in [9.17, 15) is 4.55 Å². The Labute approximate surface area is 63.2 Å². The predicted molar refractivity (Wildman–Crippen MR) is 43.7 cm³/mol. The van der Waals surface area contributed by atoms with E-state index in [2.05, 4.69) is 6.92 Å². The van der Waals surface area contributed by atoms with Crippen LogP contribution in [-0.4, -0.2) is 9.13 Å². The van der Waals surface area contributed by atoms with Crippen LogP contribution in [-0.2, 0) is 10.2 Å². The Balaban J connectivity index is 1.83. The van der Waals surface area contributed by atoms with E-state index in [-0.39, 0.29) is 0 Å². The van der Waals surface area contributed by atoms with Gasteiger partial charge in [0.2, 0.25) is 4.58 Å². The van der Waals surface area contributed by atoms with Crippen molar-refractivity contribution in [1.82, 2.24) is 0 Å². The van der Waals surface area contributed by atoms with E-state index in [4.69, 9.17) is 0 Å². The molecule has 0 amide bonds. The van der Waals surface area contributed by atoms with E-state index in [1.54, 1.807) is 10.8 Å². The molecule has 0 saturated carbocycles. The topological polar surface area (TPSA) is 23.1 Å². The quantitative estimate of drug-likeness (QED) is 0.275. The summed E-state index contributed by atoms with van der Waals surface area (Å²) in [6.07, 6.45) is 5.00. The first-order valence-electron chi connectivity index (χ1n) is 3.42. The lowest BCUT2D eigenvalue weighted by atomic mass is 10.2. The van der Waals surface area contributed by atoms with Crippen molar-refractivity contribution in [2.24, 2.45) is 0 Å². The lowest BCUT2D eigenvalue weighted by molar-refractivity contribution is 0.606. The second-order valence-electron chi connectivity index (χ2n) is 2.28. The van der Waals surface area contributed by atoms with Crippen molar-refractivity contribution < 1.29 is 4.55 Å². The zero-order chi connectivity index (χ0) is 6.69. The van der Waals surface area contributed by atoms with Crippen LogP contribution in [0.1, 0.15) is 32.6 Å². The highest BCUT2D eigenvalue weighted by Crippen LogP contribution is 2.47. The number of hydrogen-bond donors (Lipinski definition) is 0. The molecular formula is C6H12OS2. The fourth-order valence-electron chi connectivity index (χ4n) is 0.788. The van der Waals surface area contributed by atoms with Gasteiger partial charge in [-0.25, -0.2) is 0 Å². The molecule has 9 heavy (non-hydrogen) atoms. The summed E-state index contributed by atoms with van der Waals surface area (Å²) in [6, 6.07) is 0. The molecule has 2 unspecified atom stereocenters. The van der Waals surface area contributed by atoms with Crippen molar-refractivity contribution in [2.75, 3.05) is 0 Å². The minimum absolute atomic E-state index is 0.486. The van der Waals surface area contributed by atoms with Crippen LogP contribution in [0.25, 0.3) is 0 Å². The van der Waals surface area contributed by atoms with Gasteiger partial charge >= 0.3 is 0 Å². The molecule has 1 aliphatic rings. The van der Waals surface area contributed by atoms with Crippen molar-refractivity contribution in [3.05, 3.63) is 0 Å². The van der Waals surface area contributed by atoms with Gasteiger partial charge in [-0.3, -0.25) is 0 Å². The molecule has 1 aliphatic heterocycles. The van der Waals surface area contributed by atoms with Crippen LogP contribution in [0.15, 0.2) is 0 Å². The molecule has 54 valence electrons. The maximum atomic E-state index is 10.6. The summed E-state index contributed by atoms with van der Waals surface area (Å²) in [5.74, 6) is 0. The third kappa shape index (κ3) is 2.83. The fourth-order valence-corrected chi connectivity index (χ4v) is 2.94. The summed E-state index contributed by atoms with van der Waals surface area (Å²) >= 11 is 0. The van der Waals surface area contributed by atoms with Crippen LogP contribution < -0.4 is 0 Å². The van der Waals surface area contributed by atoms with Crippen LogP contribution in [0, 0.1) is 0 Å². The Morgan fingerprint density at radius 3 is 2.67 bits per heavy atom. The molecule has 1 fully saturated rings. The monoisotopic (exact) mass is 164 g/mol. The molecule has 0 bridgehead atoms. The molecule has 1 heterocycles. The van der Waals surface area contributed by atoms with Gasteiger partial charge in [0.25, 0.3) is 0 Å². The summed E-state index contributed by atoms with van der Waals surface area (Å²) < 4.78 is 11.1. The summed E-state index contributed by atoms with van der Waals surface area (Å²) in [5.41, 5.74) is 0. The highest BCUT2D eigenvalue weighted by Gasteiger charge is 2.44. The van der Waals surface area contributed by atoms with E-state index < -0.39 is 10.2 Å². The standard InChI is InChI=1S/C6H12OS2/c1-2-3-4-5-6-8-9(6)7/h6H,2-5H2,1H3. The Bertz CT molecular complexity index is 87.1. The first kappa shape index (κ1) is 7.76. The van der Waals surface area contributed by atoms with Gasteiger partial charge in [0.1, 0.15) is 0 Å². The zero-order valence-corrected chi connectivity index (χ0v) is 7.26. The van der Waals surface area contributed by atoms with Crippen LogP contribution in [0.5, 0.6) is 0 Å². The lowest BCUT2D eigenvalue weighted by Crippen LogP contribution is -1.87. The first-order chi connectivity index (χ1) is 4.34. The molecule has 3 heteroatoms. The molecule has 0 radical (unpaired) electrons. The van der Waals surface area contributed by atoms with Crippen LogP contribution in [0.3, 0.4) is 0 Å². The average Bonchev–Trinajstić information content (AvgIpc) is 2.48. The Hall–Kier alpha value is 0.660. The Kier molecular flexibility index (Phi) is 3.22. The van der Waals surface area contributed by atoms with Gasteiger partial charge in [-0.15, -0.1) is 0 Å². The molecule has 0 aromatic carbocycles. The third-order valence-corrected chi connectivity index (χ3v) is 4.52. The Morgan fingerprint density at radius 2 is 2.22 bits per heavy atom. The third-order valence-electron chi connectivity index (χ3n) is 1.42. The molecule has 1 rings (SSSR count). The predicted octanol–water partition coefficient (Wildman–Crippen LogP) is 2.30. The molecule has 0 aromatic rings. The maximum Gasteiger partial charge on any atom is 0.220 e. The van der Waals surface area contributed by atoms with Gasteiger partial charge < -0.3 is 4.55 Å². The van der Waals surface area contributed by atoms with Crippen molar-refractivity contribution >= 4 is 21.0 Å². The van der Waals surface area contributed by atoms with Crippen molar-refractivity contribution in [3.63, 3.8) is 0 Å². The smallest absolute Gasteiger partial charge is 0.220 e. The maximum absolute atomic E-state index is 10.6. The minimum atomic E-state index is -0.486. The lowest BCUT2D eigenvalue weighted by Gasteiger charge is -1.89. The van der Waals surface area contributed by atoms with Gasteiger partial charge in [-0.2, -0.15) is 0 Å². The second kappa shape index (κ2) is 3.74. The van der Waals surface area contributed by atoms with E-state index in [1.165, 1.54) is 25.7 Å². The molecule has 0 aromatic heterocycles. The van der Waals surface area contributed by atoms with E-state index >= 15 is 0 Å². The largest absolute Gasteiger partial charge is 0.604 e. The SMILES string of the molecule is CCCCCC1S[S+]1[O-]. The van der Waals surface area contributed by atoms with Gasteiger partial charge in [0, 0.05) is 16.6 Å². The minimum Gasteiger partial charge on any atom is -0.604 e. The van der Waals surface area contributed by atoms with Crippen LogP contribution in [0.4, 0.5) is 0 Å². The van der Waals surface area contributed by atoms with Crippen molar-refractivity contribution in [2.45, 2.75) is 37.2 Å². The Morgan fingerprint density at radius 1 is 1.56 bits per heavy atom. The summed E-state index contributed by atoms with van der Waals surface area (Å²) in [6.45, 7) is 2.19. The van der Waals surface area contributed by atoms with Crippen LogP contribution in [0.2, 0.25) is 0 Å². The van der Waals surface area contributed by atoms with E-state index in [1.807, 2.05) is 0 Å². The van der Waals surface area contributed by atoms with Crippen molar-refractivity contribution in [3.8, 4) is 0 Å².